The first kappa shape index (κ1) is 11.9. The summed E-state index contributed by atoms with van der Waals surface area (Å²) in [6.45, 7) is 0.276. The molecule has 0 amide bonds. The molecule has 0 heterocycles. The lowest BCUT2D eigenvalue weighted by molar-refractivity contribution is -0.138. The molecule has 88 valence electrons. The summed E-state index contributed by atoms with van der Waals surface area (Å²) in [5.41, 5.74) is 4.91. The molecule has 0 aromatic heterocycles. The second-order valence-electron chi connectivity index (χ2n) is 4.17. The molecule has 0 unspecified atom stereocenters. The Hall–Kier alpha value is -0.550. The zero-order valence-electron chi connectivity index (χ0n) is 8.44. The summed E-state index contributed by atoms with van der Waals surface area (Å²) in [5, 5.41) is 0. The Labute approximate surface area is 100.0 Å². The second-order valence-corrected chi connectivity index (χ2v) is 5.09. The summed E-state index contributed by atoms with van der Waals surface area (Å²) in [6, 6.07) is 4.30. The predicted octanol–water partition coefficient (Wildman–Crippen LogP) is 3.46. The highest BCUT2D eigenvalue weighted by Gasteiger charge is 2.48. The van der Waals surface area contributed by atoms with Crippen molar-refractivity contribution in [1.29, 1.82) is 0 Å². The maximum Gasteiger partial charge on any atom is 0.416 e. The van der Waals surface area contributed by atoms with Crippen LogP contribution in [0.1, 0.15) is 24.0 Å². The molecular formula is C11H11BrF3N. The maximum absolute atomic E-state index is 12.9. The third-order valence-electron chi connectivity index (χ3n) is 3.10. The maximum atomic E-state index is 12.9. The van der Waals surface area contributed by atoms with E-state index in [-0.39, 0.29) is 6.54 Å². The molecule has 0 radical (unpaired) electrons. The van der Waals surface area contributed by atoms with Gasteiger partial charge in [-0.2, -0.15) is 13.2 Å². The van der Waals surface area contributed by atoms with E-state index in [0.717, 1.165) is 18.9 Å². The summed E-state index contributed by atoms with van der Waals surface area (Å²) in [6.07, 6.45) is -2.83. The van der Waals surface area contributed by atoms with Crippen LogP contribution in [-0.2, 0) is 11.6 Å². The van der Waals surface area contributed by atoms with E-state index in [1.54, 1.807) is 6.07 Å². The van der Waals surface area contributed by atoms with Crippen molar-refractivity contribution in [1.82, 2.24) is 0 Å². The van der Waals surface area contributed by atoms with Crippen molar-refractivity contribution in [2.75, 3.05) is 6.54 Å². The minimum absolute atomic E-state index is 0.276. The summed E-state index contributed by atoms with van der Waals surface area (Å²) in [7, 11) is 0. The van der Waals surface area contributed by atoms with Gasteiger partial charge in [0.2, 0.25) is 0 Å². The molecule has 2 rings (SSSR count). The van der Waals surface area contributed by atoms with E-state index in [1.807, 2.05) is 0 Å². The quantitative estimate of drug-likeness (QED) is 0.888. The Morgan fingerprint density at radius 2 is 1.94 bits per heavy atom. The summed E-state index contributed by atoms with van der Waals surface area (Å²) >= 11 is 3.07. The molecule has 1 aromatic carbocycles. The first-order valence-corrected chi connectivity index (χ1v) is 5.76. The van der Waals surface area contributed by atoms with Crippen LogP contribution < -0.4 is 5.73 Å². The van der Waals surface area contributed by atoms with Crippen LogP contribution in [0.3, 0.4) is 0 Å². The SMILES string of the molecule is NCC1(c2ccc(Br)cc2C(F)(F)F)CC1. The second kappa shape index (κ2) is 3.74. The average Bonchev–Trinajstić information content (AvgIpc) is 2.97. The fourth-order valence-corrected chi connectivity index (χ4v) is 2.31. The van der Waals surface area contributed by atoms with E-state index in [4.69, 9.17) is 5.73 Å². The van der Waals surface area contributed by atoms with Crippen LogP contribution in [0.2, 0.25) is 0 Å². The fraction of sp³-hybridized carbons (Fsp3) is 0.455. The number of benzene rings is 1. The van der Waals surface area contributed by atoms with Crippen molar-refractivity contribution in [2.24, 2.45) is 5.73 Å². The zero-order chi connectivity index (χ0) is 12.0. The molecule has 1 fully saturated rings. The van der Waals surface area contributed by atoms with Gasteiger partial charge >= 0.3 is 6.18 Å². The van der Waals surface area contributed by atoms with E-state index >= 15 is 0 Å². The van der Waals surface area contributed by atoms with Gasteiger partial charge in [-0.25, -0.2) is 0 Å². The van der Waals surface area contributed by atoms with Gasteiger partial charge in [0.05, 0.1) is 5.56 Å². The third-order valence-corrected chi connectivity index (χ3v) is 3.60. The smallest absolute Gasteiger partial charge is 0.330 e. The molecule has 0 saturated heterocycles. The van der Waals surface area contributed by atoms with Gasteiger partial charge in [0.15, 0.2) is 0 Å². The lowest BCUT2D eigenvalue weighted by Gasteiger charge is -2.19. The van der Waals surface area contributed by atoms with E-state index in [9.17, 15) is 13.2 Å². The van der Waals surface area contributed by atoms with Crippen molar-refractivity contribution >= 4 is 15.9 Å². The lowest BCUT2D eigenvalue weighted by Crippen LogP contribution is -2.23. The van der Waals surface area contributed by atoms with Crippen molar-refractivity contribution in [2.45, 2.75) is 24.4 Å². The number of hydrogen-bond donors (Lipinski definition) is 1. The monoisotopic (exact) mass is 293 g/mol. The largest absolute Gasteiger partial charge is 0.416 e. The minimum Gasteiger partial charge on any atom is -0.330 e. The Kier molecular flexibility index (Phi) is 2.78. The van der Waals surface area contributed by atoms with Gasteiger partial charge in [0.1, 0.15) is 0 Å². The van der Waals surface area contributed by atoms with Crippen LogP contribution in [0.25, 0.3) is 0 Å². The fourth-order valence-electron chi connectivity index (χ4n) is 1.95. The van der Waals surface area contributed by atoms with E-state index in [0.29, 0.717) is 10.0 Å². The molecular weight excluding hydrogens is 283 g/mol. The molecule has 1 aliphatic carbocycles. The molecule has 0 atom stereocenters. The molecule has 2 N–H and O–H groups in total. The first-order chi connectivity index (χ1) is 7.39. The van der Waals surface area contributed by atoms with Crippen LogP contribution >= 0.6 is 15.9 Å². The number of nitrogens with two attached hydrogens (primary N) is 1. The van der Waals surface area contributed by atoms with Crippen molar-refractivity contribution in [3.8, 4) is 0 Å². The molecule has 5 heteroatoms. The molecule has 0 aliphatic heterocycles. The Balaban J connectivity index is 2.53. The van der Waals surface area contributed by atoms with Crippen molar-refractivity contribution in [3.63, 3.8) is 0 Å². The molecule has 16 heavy (non-hydrogen) atoms. The van der Waals surface area contributed by atoms with Gasteiger partial charge in [-0.15, -0.1) is 0 Å². The molecule has 1 saturated carbocycles. The third kappa shape index (κ3) is 1.98. The van der Waals surface area contributed by atoms with Crippen LogP contribution in [0.4, 0.5) is 13.2 Å². The Morgan fingerprint density at radius 1 is 1.31 bits per heavy atom. The van der Waals surface area contributed by atoms with E-state index < -0.39 is 17.2 Å². The number of halogens is 4. The van der Waals surface area contributed by atoms with E-state index in [1.165, 1.54) is 6.07 Å². The van der Waals surface area contributed by atoms with Crippen LogP contribution in [-0.4, -0.2) is 6.54 Å². The van der Waals surface area contributed by atoms with E-state index in [2.05, 4.69) is 15.9 Å². The van der Waals surface area contributed by atoms with Gasteiger partial charge in [-0.3, -0.25) is 0 Å². The summed E-state index contributed by atoms with van der Waals surface area (Å²) < 4.78 is 39.0. The van der Waals surface area contributed by atoms with Gasteiger partial charge in [-0.05, 0) is 30.5 Å². The summed E-state index contributed by atoms with van der Waals surface area (Å²) in [4.78, 5) is 0. The average molecular weight is 294 g/mol. The minimum atomic E-state index is -4.32. The highest BCUT2D eigenvalue weighted by Crippen LogP contribution is 2.51. The molecule has 1 aromatic rings. The Bertz CT molecular complexity index is 410. The first-order valence-electron chi connectivity index (χ1n) is 4.96. The molecule has 0 bridgehead atoms. The van der Waals surface area contributed by atoms with Gasteiger partial charge in [0.25, 0.3) is 0 Å². The topological polar surface area (TPSA) is 26.0 Å². The molecule has 1 nitrogen and oxygen atoms in total. The van der Waals surface area contributed by atoms with Gasteiger partial charge in [0, 0.05) is 16.4 Å². The van der Waals surface area contributed by atoms with Crippen molar-refractivity contribution < 1.29 is 13.2 Å². The number of alkyl halides is 3. The standard InChI is InChI=1S/C11H11BrF3N/c12-7-1-2-8(10(6-16)3-4-10)9(5-7)11(13,14)15/h1-2,5H,3-4,6,16H2. The number of hydrogen-bond acceptors (Lipinski definition) is 1. The highest BCUT2D eigenvalue weighted by atomic mass is 79.9. The lowest BCUT2D eigenvalue weighted by atomic mass is 9.91. The summed E-state index contributed by atoms with van der Waals surface area (Å²) in [5.74, 6) is 0. The predicted molar refractivity (Wildman–Crippen MR) is 59.1 cm³/mol. The molecule has 0 spiro atoms. The van der Waals surface area contributed by atoms with Crippen molar-refractivity contribution in [3.05, 3.63) is 33.8 Å². The Morgan fingerprint density at radius 3 is 2.38 bits per heavy atom. The van der Waals surface area contributed by atoms with Crippen LogP contribution in [0.5, 0.6) is 0 Å². The highest BCUT2D eigenvalue weighted by molar-refractivity contribution is 9.10. The van der Waals surface area contributed by atoms with Crippen LogP contribution in [0.15, 0.2) is 22.7 Å². The molecule has 1 aliphatic rings. The zero-order valence-corrected chi connectivity index (χ0v) is 10.0. The van der Waals surface area contributed by atoms with Crippen LogP contribution in [0, 0.1) is 0 Å². The normalized spacial score (nSPS) is 18.6. The number of rotatable bonds is 2. The van der Waals surface area contributed by atoms with Gasteiger partial charge in [-0.1, -0.05) is 22.0 Å². The van der Waals surface area contributed by atoms with Gasteiger partial charge < -0.3 is 5.73 Å².